The summed E-state index contributed by atoms with van der Waals surface area (Å²) in [5.74, 6) is 0.0617. The lowest BCUT2D eigenvalue weighted by molar-refractivity contribution is -0.112. The van der Waals surface area contributed by atoms with Gasteiger partial charge in [0.15, 0.2) is 5.78 Å². The minimum atomic E-state index is 0.0617. The van der Waals surface area contributed by atoms with Crippen LogP contribution in [0.2, 0.25) is 0 Å². The zero-order valence-corrected chi connectivity index (χ0v) is 8.76. The molecule has 0 aliphatic carbocycles. The Morgan fingerprint density at radius 2 is 1.67 bits per heavy atom. The second-order valence-electron chi connectivity index (χ2n) is 3.12. The molecule has 0 N–H and O–H groups in total. The summed E-state index contributed by atoms with van der Waals surface area (Å²) in [4.78, 5) is 10.6. The highest BCUT2D eigenvalue weighted by molar-refractivity contribution is 5.87. The van der Waals surface area contributed by atoms with Crippen LogP contribution in [0.25, 0.3) is 6.08 Å². The van der Waals surface area contributed by atoms with E-state index in [1.807, 2.05) is 54.6 Å². The van der Waals surface area contributed by atoms with E-state index in [-0.39, 0.29) is 5.78 Å². The lowest BCUT2D eigenvalue weighted by Gasteiger charge is -1.87. The van der Waals surface area contributed by atoms with Gasteiger partial charge >= 0.3 is 0 Å². The zero-order chi connectivity index (χ0) is 10.9. The fourth-order valence-electron chi connectivity index (χ4n) is 1.05. The third-order valence-corrected chi connectivity index (χ3v) is 1.75. The molecule has 0 fully saturated rings. The van der Waals surface area contributed by atoms with Crippen LogP contribution in [-0.2, 0) is 4.79 Å². The molecule has 0 heterocycles. The van der Waals surface area contributed by atoms with Crippen molar-refractivity contribution in [2.24, 2.45) is 0 Å². The zero-order valence-electron chi connectivity index (χ0n) is 8.76. The van der Waals surface area contributed by atoms with Gasteiger partial charge in [0.2, 0.25) is 0 Å². The first kappa shape index (κ1) is 11.2. The standard InChI is InChI=1S/C14H14O/c1-13(15)9-5-2-3-6-10-14-11-7-4-8-12-14/h2-12H,1H3. The molecule has 0 atom stereocenters. The van der Waals surface area contributed by atoms with E-state index < -0.39 is 0 Å². The van der Waals surface area contributed by atoms with Gasteiger partial charge in [0, 0.05) is 0 Å². The van der Waals surface area contributed by atoms with Crippen molar-refractivity contribution in [3.05, 3.63) is 66.3 Å². The van der Waals surface area contributed by atoms with E-state index in [9.17, 15) is 4.79 Å². The Hall–Kier alpha value is -1.89. The number of benzene rings is 1. The molecule has 0 saturated carbocycles. The van der Waals surface area contributed by atoms with E-state index in [0.717, 1.165) is 5.56 Å². The molecular weight excluding hydrogens is 184 g/mol. The maximum Gasteiger partial charge on any atom is 0.152 e. The monoisotopic (exact) mass is 198 g/mol. The van der Waals surface area contributed by atoms with Gasteiger partial charge < -0.3 is 0 Å². The summed E-state index contributed by atoms with van der Waals surface area (Å²) in [7, 11) is 0. The lowest BCUT2D eigenvalue weighted by atomic mass is 10.2. The number of carbonyl (C=O) groups is 1. The molecule has 0 aliphatic heterocycles. The van der Waals surface area contributed by atoms with E-state index in [1.165, 1.54) is 13.0 Å². The smallest absolute Gasteiger partial charge is 0.152 e. The molecule has 0 saturated heterocycles. The predicted molar refractivity (Wildman–Crippen MR) is 64.4 cm³/mol. The first-order chi connectivity index (χ1) is 7.29. The molecule has 0 unspecified atom stereocenters. The van der Waals surface area contributed by atoms with Crippen LogP contribution < -0.4 is 0 Å². The van der Waals surface area contributed by atoms with E-state index in [2.05, 4.69) is 0 Å². The van der Waals surface area contributed by atoms with Crippen molar-refractivity contribution in [1.82, 2.24) is 0 Å². The Kier molecular flexibility index (Phi) is 4.88. The number of allylic oxidation sites excluding steroid dienone is 5. The van der Waals surface area contributed by atoms with Crippen molar-refractivity contribution in [2.45, 2.75) is 6.92 Å². The summed E-state index contributed by atoms with van der Waals surface area (Å²) in [5.41, 5.74) is 1.16. The van der Waals surface area contributed by atoms with Gasteiger partial charge in [0.1, 0.15) is 0 Å². The highest BCUT2D eigenvalue weighted by atomic mass is 16.1. The molecule has 1 heteroatoms. The number of hydrogen-bond donors (Lipinski definition) is 0. The summed E-state index contributed by atoms with van der Waals surface area (Å²) >= 11 is 0. The average Bonchev–Trinajstić information content (AvgIpc) is 2.24. The molecule has 0 spiro atoms. The normalized spacial score (nSPS) is 11.8. The van der Waals surface area contributed by atoms with Crippen LogP contribution in [0.5, 0.6) is 0 Å². The Bertz CT molecular complexity index is 383. The van der Waals surface area contributed by atoms with Crippen LogP contribution in [0.1, 0.15) is 12.5 Å². The first-order valence-electron chi connectivity index (χ1n) is 4.86. The van der Waals surface area contributed by atoms with Gasteiger partial charge in [-0.2, -0.15) is 0 Å². The van der Waals surface area contributed by atoms with Crippen LogP contribution in [0, 0.1) is 0 Å². The van der Waals surface area contributed by atoms with Crippen LogP contribution in [-0.4, -0.2) is 5.78 Å². The van der Waals surface area contributed by atoms with Gasteiger partial charge in [-0.15, -0.1) is 0 Å². The van der Waals surface area contributed by atoms with E-state index in [4.69, 9.17) is 0 Å². The summed E-state index contributed by atoms with van der Waals surface area (Å²) in [5, 5.41) is 0. The van der Waals surface area contributed by atoms with Crippen LogP contribution in [0.4, 0.5) is 0 Å². The number of carbonyl (C=O) groups excluding carboxylic acids is 1. The van der Waals surface area contributed by atoms with E-state index in [0.29, 0.717) is 0 Å². The Morgan fingerprint density at radius 1 is 1.00 bits per heavy atom. The van der Waals surface area contributed by atoms with Crippen molar-refractivity contribution >= 4 is 11.9 Å². The van der Waals surface area contributed by atoms with Gasteiger partial charge in [-0.05, 0) is 18.6 Å². The van der Waals surface area contributed by atoms with E-state index in [1.54, 1.807) is 6.08 Å². The molecule has 0 bridgehead atoms. The molecule has 1 aromatic carbocycles. The third kappa shape index (κ3) is 5.42. The number of hydrogen-bond acceptors (Lipinski definition) is 1. The second-order valence-corrected chi connectivity index (χ2v) is 3.12. The summed E-state index contributed by atoms with van der Waals surface area (Å²) in [6.45, 7) is 1.53. The minimum Gasteiger partial charge on any atom is -0.295 e. The van der Waals surface area contributed by atoms with E-state index >= 15 is 0 Å². The third-order valence-electron chi connectivity index (χ3n) is 1.75. The first-order valence-corrected chi connectivity index (χ1v) is 4.86. The van der Waals surface area contributed by atoms with Gasteiger partial charge in [0.05, 0.1) is 0 Å². The van der Waals surface area contributed by atoms with Gasteiger partial charge in [-0.1, -0.05) is 60.7 Å². The highest BCUT2D eigenvalue weighted by Gasteiger charge is 1.79. The topological polar surface area (TPSA) is 17.1 Å². The maximum atomic E-state index is 10.6. The minimum absolute atomic E-state index is 0.0617. The number of rotatable bonds is 4. The summed E-state index contributed by atoms with van der Waals surface area (Å²) in [6, 6.07) is 10.1. The van der Waals surface area contributed by atoms with Crippen molar-refractivity contribution in [3.8, 4) is 0 Å². The summed E-state index contributed by atoms with van der Waals surface area (Å²) < 4.78 is 0. The molecular formula is C14H14O. The van der Waals surface area contributed by atoms with Crippen molar-refractivity contribution in [1.29, 1.82) is 0 Å². The average molecular weight is 198 g/mol. The van der Waals surface area contributed by atoms with Gasteiger partial charge in [0.25, 0.3) is 0 Å². The largest absolute Gasteiger partial charge is 0.295 e. The van der Waals surface area contributed by atoms with Crippen LogP contribution in [0.15, 0.2) is 60.7 Å². The molecule has 1 nitrogen and oxygen atoms in total. The van der Waals surface area contributed by atoms with Gasteiger partial charge in [-0.3, -0.25) is 4.79 Å². The molecule has 0 amide bonds. The van der Waals surface area contributed by atoms with Crippen LogP contribution >= 0.6 is 0 Å². The molecule has 0 radical (unpaired) electrons. The molecule has 76 valence electrons. The summed E-state index contributed by atoms with van der Waals surface area (Å²) in [6.07, 6.45) is 11.0. The fourth-order valence-corrected chi connectivity index (χ4v) is 1.05. The Morgan fingerprint density at radius 3 is 2.33 bits per heavy atom. The highest BCUT2D eigenvalue weighted by Crippen LogP contribution is 2.00. The lowest BCUT2D eigenvalue weighted by Crippen LogP contribution is -1.77. The SMILES string of the molecule is CC(=O)C=CC=CC=Cc1ccccc1. The molecule has 0 aromatic heterocycles. The second kappa shape index (κ2) is 6.55. The van der Waals surface area contributed by atoms with Crippen molar-refractivity contribution in [2.75, 3.05) is 0 Å². The fraction of sp³-hybridized carbons (Fsp3) is 0.0714. The predicted octanol–water partition coefficient (Wildman–Crippen LogP) is 3.40. The number of ketones is 1. The maximum absolute atomic E-state index is 10.6. The Balaban J connectivity index is 2.44. The van der Waals surface area contributed by atoms with Crippen molar-refractivity contribution in [3.63, 3.8) is 0 Å². The quantitative estimate of drug-likeness (QED) is 0.535. The van der Waals surface area contributed by atoms with Crippen molar-refractivity contribution < 1.29 is 4.79 Å². The molecule has 15 heavy (non-hydrogen) atoms. The molecule has 0 aliphatic rings. The molecule has 1 rings (SSSR count). The Labute approximate surface area is 90.4 Å². The van der Waals surface area contributed by atoms with Crippen LogP contribution in [0.3, 0.4) is 0 Å². The van der Waals surface area contributed by atoms with Gasteiger partial charge in [-0.25, -0.2) is 0 Å². The molecule has 1 aromatic rings.